The Bertz CT molecular complexity index is 830. The maximum Gasteiger partial charge on any atom is 0.161 e. The quantitative estimate of drug-likeness (QED) is 0.762. The zero-order chi connectivity index (χ0) is 19.4. The van der Waals surface area contributed by atoms with E-state index in [1.165, 1.54) is 12.8 Å². The van der Waals surface area contributed by atoms with Crippen molar-refractivity contribution in [3.63, 3.8) is 0 Å². The molecular formula is C23H27NO3. The molecule has 27 heavy (non-hydrogen) atoms. The molecule has 4 nitrogen and oxygen atoms in total. The second-order valence-electron chi connectivity index (χ2n) is 7.01. The summed E-state index contributed by atoms with van der Waals surface area (Å²) in [5, 5.41) is 9.87. The highest BCUT2D eigenvalue weighted by Crippen LogP contribution is 2.35. The van der Waals surface area contributed by atoms with Gasteiger partial charge in [-0.25, -0.2) is 0 Å². The van der Waals surface area contributed by atoms with Gasteiger partial charge in [-0.2, -0.15) is 0 Å². The second-order valence-corrected chi connectivity index (χ2v) is 7.01. The van der Waals surface area contributed by atoms with Gasteiger partial charge in [0.2, 0.25) is 0 Å². The monoisotopic (exact) mass is 365 g/mol. The zero-order valence-corrected chi connectivity index (χ0v) is 16.5. The first-order valence-corrected chi connectivity index (χ1v) is 9.31. The first-order chi connectivity index (χ1) is 13.0. The predicted molar refractivity (Wildman–Crippen MR) is 108 cm³/mol. The molecular weight excluding hydrogens is 338 g/mol. The molecule has 1 aromatic rings. The van der Waals surface area contributed by atoms with Gasteiger partial charge in [0.25, 0.3) is 0 Å². The predicted octanol–water partition coefficient (Wildman–Crippen LogP) is 4.33. The number of nitrogens with zero attached hydrogens (tertiary/aromatic N) is 1. The second kappa shape index (κ2) is 8.37. The minimum atomic E-state index is -0.543. The molecule has 2 aliphatic rings. The summed E-state index contributed by atoms with van der Waals surface area (Å²) in [5.74, 6) is 8.35. The van der Waals surface area contributed by atoms with E-state index >= 15 is 0 Å². The molecule has 4 heteroatoms. The smallest absolute Gasteiger partial charge is 0.161 e. The van der Waals surface area contributed by atoms with Crippen molar-refractivity contribution in [1.29, 1.82) is 0 Å². The molecule has 1 aliphatic carbocycles. The van der Waals surface area contributed by atoms with Gasteiger partial charge in [0.15, 0.2) is 11.5 Å². The summed E-state index contributed by atoms with van der Waals surface area (Å²) in [7, 11) is 1.66. The molecule has 0 amide bonds. The molecule has 0 atom stereocenters. The van der Waals surface area contributed by atoms with Crippen molar-refractivity contribution in [2.75, 3.05) is 13.7 Å². The van der Waals surface area contributed by atoms with Crippen LogP contribution in [0.1, 0.15) is 39.2 Å². The van der Waals surface area contributed by atoms with Gasteiger partial charge in [0.05, 0.1) is 19.8 Å². The standard InChI is InChI=1S/C23H27NO3/c1-5-6-20(14-24-16(2)11-21(25)12-17(24)3)19-9-10-22(26-4)23(13-19)27-15-18-7-8-18/h9-14,18,21,25H,7-8,15H2,1-4H3/b20-14+. The van der Waals surface area contributed by atoms with Crippen LogP contribution in [-0.2, 0) is 0 Å². The number of aliphatic hydroxyl groups is 1. The van der Waals surface area contributed by atoms with E-state index in [2.05, 4.69) is 11.8 Å². The first-order valence-electron chi connectivity index (χ1n) is 9.31. The molecule has 0 aromatic heterocycles. The van der Waals surface area contributed by atoms with Crippen molar-refractivity contribution in [2.24, 2.45) is 5.92 Å². The number of rotatable bonds is 6. The normalized spacial score (nSPS) is 17.7. The van der Waals surface area contributed by atoms with Crippen molar-refractivity contribution in [3.8, 4) is 23.3 Å². The highest BCUT2D eigenvalue weighted by atomic mass is 16.5. The summed E-state index contributed by atoms with van der Waals surface area (Å²) >= 11 is 0. The van der Waals surface area contributed by atoms with Crippen molar-refractivity contribution >= 4 is 5.57 Å². The van der Waals surface area contributed by atoms with E-state index in [0.29, 0.717) is 5.92 Å². The first kappa shape index (κ1) is 19.1. The molecule has 1 heterocycles. The Morgan fingerprint density at radius 1 is 1.22 bits per heavy atom. The minimum Gasteiger partial charge on any atom is -0.493 e. The number of hydrogen-bond acceptors (Lipinski definition) is 4. The van der Waals surface area contributed by atoms with Crippen LogP contribution < -0.4 is 9.47 Å². The molecule has 0 saturated heterocycles. The van der Waals surface area contributed by atoms with Crippen molar-refractivity contribution in [2.45, 2.75) is 39.7 Å². The van der Waals surface area contributed by atoms with E-state index in [4.69, 9.17) is 9.47 Å². The topological polar surface area (TPSA) is 41.9 Å². The third kappa shape index (κ3) is 4.75. The summed E-state index contributed by atoms with van der Waals surface area (Å²) in [5.41, 5.74) is 3.80. The molecule has 0 spiro atoms. The molecule has 0 bridgehead atoms. The Balaban J connectivity index is 1.94. The largest absolute Gasteiger partial charge is 0.493 e. The van der Waals surface area contributed by atoms with Crippen LogP contribution in [0.2, 0.25) is 0 Å². The highest BCUT2D eigenvalue weighted by molar-refractivity contribution is 5.80. The Morgan fingerprint density at radius 3 is 2.52 bits per heavy atom. The number of allylic oxidation sites excluding steroid dienone is 3. The number of hydrogen-bond donors (Lipinski definition) is 1. The highest BCUT2D eigenvalue weighted by Gasteiger charge is 2.23. The summed E-state index contributed by atoms with van der Waals surface area (Å²) in [6, 6.07) is 5.91. The van der Waals surface area contributed by atoms with Gasteiger partial charge >= 0.3 is 0 Å². The zero-order valence-electron chi connectivity index (χ0n) is 16.5. The molecule has 0 unspecified atom stereocenters. The maximum absolute atomic E-state index is 9.87. The summed E-state index contributed by atoms with van der Waals surface area (Å²) in [4.78, 5) is 2.04. The Kier molecular flexibility index (Phi) is 5.93. The fourth-order valence-corrected chi connectivity index (χ4v) is 3.08. The van der Waals surface area contributed by atoms with Crippen LogP contribution in [-0.4, -0.2) is 29.8 Å². The summed E-state index contributed by atoms with van der Waals surface area (Å²) in [6.07, 6.45) is 7.59. The van der Waals surface area contributed by atoms with Crippen molar-refractivity contribution in [3.05, 3.63) is 53.5 Å². The van der Waals surface area contributed by atoms with Crippen LogP contribution in [0.4, 0.5) is 0 Å². The van der Waals surface area contributed by atoms with E-state index in [-0.39, 0.29) is 0 Å². The van der Waals surface area contributed by atoms with Crippen LogP contribution in [0.5, 0.6) is 11.5 Å². The fourth-order valence-electron chi connectivity index (χ4n) is 3.08. The van der Waals surface area contributed by atoms with Crippen LogP contribution >= 0.6 is 0 Å². The molecule has 1 aromatic carbocycles. The van der Waals surface area contributed by atoms with E-state index in [1.807, 2.05) is 62.2 Å². The van der Waals surface area contributed by atoms with Crippen LogP contribution in [0.15, 0.2) is 47.9 Å². The molecule has 1 N–H and O–H groups in total. The van der Waals surface area contributed by atoms with E-state index < -0.39 is 6.10 Å². The molecule has 1 fully saturated rings. The molecule has 3 rings (SSSR count). The van der Waals surface area contributed by atoms with Crippen LogP contribution in [0, 0.1) is 17.8 Å². The molecule has 0 radical (unpaired) electrons. The van der Waals surface area contributed by atoms with Gasteiger partial charge < -0.3 is 19.5 Å². The van der Waals surface area contributed by atoms with Gasteiger partial charge in [0, 0.05) is 23.2 Å². The SMILES string of the molecule is CC#C/C(=C\N1C(C)=CC(O)C=C1C)c1ccc(OC)c(OCC2CC2)c1. The third-order valence-electron chi connectivity index (χ3n) is 4.75. The Hall–Kier alpha value is -2.64. The Labute approximate surface area is 161 Å². The number of benzene rings is 1. The van der Waals surface area contributed by atoms with Gasteiger partial charge in [-0.15, -0.1) is 5.92 Å². The van der Waals surface area contributed by atoms with E-state index in [9.17, 15) is 5.11 Å². The number of aliphatic hydroxyl groups excluding tert-OH is 1. The van der Waals surface area contributed by atoms with Crippen molar-refractivity contribution < 1.29 is 14.6 Å². The van der Waals surface area contributed by atoms with Gasteiger partial charge in [-0.3, -0.25) is 0 Å². The van der Waals surface area contributed by atoms with Crippen molar-refractivity contribution in [1.82, 2.24) is 4.90 Å². The van der Waals surface area contributed by atoms with Gasteiger partial charge in [-0.05, 0) is 75.4 Å². The number of ether oxygens (including phenoxy) is 2. The van der Waals surface area contributed by atoms with E-state index in [1.54, 1.807) is 7.11 Å². The summed E-state index contributed by atoms with van der Waals surface area (Å²) < 4.78 is 11.4. The average molecular weight is 365 g/mol. The minimum absolute atomic E-state index is 0.543. The lowest BCUT2D eigenvalue weighted by Crippen LogP contribution is -2.21. The van der Waals surface area contributed by atoms with Gasteiger partial charge in [0.1, 0.15) is 0 Å². The van der Waals surface area contributed by atoms with E-state index in [0.717, 1.165) is 40.6 Å². The van der Waals surface area contributed by atoms with Crippen LogP contribution in [0.3, 0.4) is 0 Å². The van der Waals surface area contributed by atoms with Crippen LogP contribution in [0.25, 0.3) is 5.57 Å². The lowest BCUT2D eigenvalue weighted by Gasteiger charge is -2.27. The van der Waals surface area contributed by atoms with Gasteiger partial charge in [-0.1, -0.05) is 5.92 Å². The average Bonchev–Trinajstić information content (AvgIpc) is 3.46. The fraction of sp³-hybridized carbons (Fsp3) is 0.391. The number of methoxy groups -OCH3 is 1. The lowest BCUT2D eigenvalue weighted by atomic mass is 10.0. The molecule has 1 saturated carbocycles. The lowest BCUT2D eigenvalue weighted by molar-refractivity contribution is 0.259. The maximum atomic E-state index is 9.87. The Morgan fingerprint density at radius 2 is 1.93 bits per heavy atom. The third-order valence-corrected chi connectivity index (χ3v) is 4.75. The molecule has 1 aliphatic heterocycles. The summed E-state index contributed by atoms with van der Waals surface area (Å²) in [6.45, 7) is 6.51. The molecule has 142 valence electrons.